The SMILES string of the molecule is C=CC(C(=C)C)C(C)/C=C\C. The fourth-order valence-corrected chi connectivity index (χ4v) is 1.29. The third-order valence-corrected chi connectivity index (χ3v) is 1.89. The molecule has 0 N–H and O–H groups in total. The molecule has 0 saturated heterocycles. The van der Waals surface area contributed by atoms with Crippen LogP contribution in [0.3, 0.4) is 0 Å². The number of rotatable bonds is 4. The van der Waals surface area contributed by atoms with Crippen LogP contribution in [0.2, 0.25) is 0 Å². The summed E-state index contributed by atoms with van der Waals surface area (Å²) in [6.45, 7) is 14.0. The summed E-state index contributed by atoms with van der Waals surface area (Å²) in [4.78, 5) is 0. The minimum Gasteiger partial charge on any atom is -0.102 e. The molecule has 2 unspecified atom stereocenters. The van der Waals surface area contributed by atoms with E-state index >= 15 is 0 Å². The Hall–Kier alpha value is -0.780. The first-order chi connectivity index (χ1) is 5.13. The van der Waals surface area contributed by atoms with Gasteiger partial charge in [-0.25, -0.2) is 0 Å². The van der Waals surface area contributed by atoms with Crippen LogP contribution in [-0.4, -0.2) is 0 Å². The van der Waals surface area contributed by atoms with Crippen LogP contribution in [0, 0.1) is 11.8 Å². The molecule has 0 fully saturated rings. The lowest BCUT2D eigenvalue weighted by molar-refractivity contribution is 0.585. The van der Waals surface area contributed by atoms with Gasteiger partial charge in [0.2, 0.25) is 0 Å². The second kappa shape index (κ2) is 4.95. The molecule has 2 atom stereocenters. The second-order valence-electron chi connectivity index (χ2n) is 2.99. The highest BCUT2D eigenvalue weighted by molar-refractivity contribution is 5.09. The largest absolute Gasteiger partial charge is 0.102 e. The molecule has 0 amide bonds. The van der Waals surface area contributed by atoms with Crippen molar-refractivity contribution >= 4 is 0 Å². The molecule has 62 valence electrons. The van der Waals surface area contributed by atoms with Crippen molar-refractivity contribution in [1.82, 2.24) is 0 Å². The molecule has 0 aromatic carbocycles. The van der Waals surface area contributed by atoms with Gasteiger partial charge < -0.3 is 0 Å². The van der Waals surface area contributed by atoms with Crippen LogP contribution in [0.1, 0.15) is 20.8 Å². The Morgan fingerprint density at radius 2 is 2.00 bits per heavy atom. The Morgan fingerprint density at radius 3 is 2.27 bits per heavy atom. The topological polar surface area (TPSA) is 0 Å². The molecule has 0 aromatic rings. The smallest absolute Gasteiger partial charge is 0.00288 e. The van der Waals surface area contributed by atoms with Crippen molar-refractivity contribution in [2.24, 2.45) is 11.8 Å². The number of hydrogen-bond donors (Lipinski definition) is 0. The molecule has 0 bridgehead atoms. The summed E-state index contributed by atoms with van der Waals surface area (Å²) in [7, 11) is 0. The summed E-state index contributed by atoms with van der Waals surface area (Å²) in [6, 6.07) is 0. The van der Waals surface area contributed by atoms with Crippen molar-refractivity contribution in [2.75, 3.05) is 0 Å². The minimum absolute atomic E-state index is 0.422. The van der Waals surface area contributed by atoms with E-state index in [1.165, 1.54) is 5.57 Å². The molecule has 0 heterocycles. The average molecular weight is 150 g/mol. The molecular formula is C11H18. The van der Waals surface area contributed by atoms with E-state index < -0.39 is 0 Å². The van der Waals surface area contributed by atoms with E-state index in [1.54, 1.807) is 0 Å². The van der Waals surface area contributed by atoms with Crippen molar-refractivity contribution in [3.05, 3.63) is 37.0 Å². The highest BCUT2D eigenvalue weighted by Gasteiger charge is 2.10. The summed E-state index contributed by atoms with van der Waals surface area (Å²) < 4.78 is 0. The van der Waals surface area contributed by atoms with Crippen molar-refractivity contribution in [3.63, 3.8) is 0 Å². The van der Waals surface area contributed by atoms with Gasteiger partial charge in [-0.15, -0.1) is 6.58 Å². The van der Waals surface area contributed by atoms with Gasteiger partial charge in [-0.1, -0.05) is 37.3 Å². The van der Waals surface area contributed by atoms with Gasteiger partial charge >= 0.3 is 0 Å². The highest BCUT2D eigenvalue weighted by Crippen LogP contribution is 2.20. The molecule has 0 saturated carbocycles. The van der Waals surface area contributed by atoms with Crippen LogP contribution < -0.4 is 0 Å². The van der Waals surface area contributed by atoms with Crippen LogP contribution in [0.5, 0.6) is 0 Å². The molecule has 0 radical (unpaired) electrons. The summed E-state index contributed by atoms with van der Waals surface area (Å²) in [6.07, 6.45) is 6.22. The zero-order chi connectivity index (χ0) is 8.85. The zero-order valence-corrected chi connectivity index (χ0v) is 7.80. The molecule has 0 nitrogen and oxygen atoms in total. The fraction of sp³-hybridized carbons (Fsp3) is 0.455. The first-order valence-electron chi connectivity index (χ1n) is 4.04. The molecule has 11 heavy (non-hydrogen) atoms. The monoisotopic (exact) mass is 150 g/mol. The first-order valence-corrected chi connectivity index (χ1v) is 4.04. The molecule has 0 spiro atoms. The van der Waals surface area contributed by atoms with E-state index in [1.807, 2.05) is 19.9 Å². The van der Waals surface area contributed by atoms with Gasteiger partial charge in [-0.05, 0) is 19.8 Å². The van der Waals surface area contributed by atoms with E-state index in [9.17, 15) is 0 Å². The van der Waals surface area contributed by atoms with Crippen LogP contribution in [0.25, 0.3) is 0 Å². The standard InChI is InChI=1S/C11H18/c1-6-8-10(5)11(7-2)9(3)4/h6-8,10-11H,2-3H2,1,4-5H3/b8-6-. The summed E-state index contributed by atoms with van der Waals surface area (Å²) in [5.41, 5.74) is 1.19. The van der Waals surface area contributed by atoms with E-state index in [4.69, 9.17) is 0 Å². The van der Waals surface area contributed by atoms with Crippen molar-refractivity contribution in [3.8, 4) is 0 Å². The Bertz CT molecular complexity index is 163. The third-order valence-electron chi connectivity index (χ3n) is 1.89. The quantitative estimate of drug-likeness (QED) is 0.537. The Morgan fingerprint density at radius 1 is 1.45 bits per heavy atom. The van der Waals surface area contributed by atoms with Gasteiger partial charge in [0.15, 0.2) is 0 Å². The maximum atomic E-state index is 3.92. The van der Waals surface area contributed by atoms with Crippen LogP contribution in [0.4, 0.5) is 0 Å². The number of allylic oxidation sites excluding steroid dienone is 4. The van der Waals surface area contributed by atoms with E-state index in [0.717, 1.165) is 0 Å². The van der Waals surface area contributed by atoms with Gasteiger partial charge in [0.05, 0.1) is 0 Å². The first kappa shape index (κ1) is 10.2. The van der Waals surface area contributed by atoms with Gasteiger partial charge in [0.25, 0.3) is 0 Å². The highest BCUT2D eigenvalue weighted by atomic mass is 14.1. The molecule has 0 aliphatic heterocycles. The number of hydrogen-bond acceptors (Lipinski definition) is 0. The Labute approximate surface area is 70.3 Å². The normalized spacial score (nSPS) is 16.3. The van der Waals surface area contributed by atoms with Crippen LogP contribution >= 0.6 is 0 Å². The van der Waals surface area contributed by atoms with Crippen molar-refractivity contribution in [1.29, 1.82) is 0 Å². The summed E-state index contributed by atoms with van der Waals surface area (Å²) >= 11 is 0. The Kier molecular flexibility index (Phi) is 4.60. The summed E-state index contributed by atoms with van der Waals surface area (Å²) in [5.74, 6) is 0.946. The van der Waals surface area contributed by atoms with E-state index in [2.05, 4.69) is 32.2 Å². The third kappa shape index (κ3) is 3.22. The summed E-state index contributed by atoms with van der Waals surface area (Å²) in [5, 5.41) is 0. The fourth-order valence-electron chi connectivity index (χ4n) is 1.29. The maximum absolute atomic E-state index is 3.92. The van der Waals surface area contributed by atoms with Gasteiger partial charge in [0.1, 0.15) is 0 Å². The Balaban J connectivity index is 4.24. The minimum atomic E-state index is 0.422. The molecule has 0 rings (SSSR count). The van der Waals surface area contributed by atoms with Gasteiger partial charge in [0, 0.05) is 5.92 Å². The maximum Gasteiger partial charge on any atom is 0.00288 e. The second-order valence-corrected chi connectivity index (χ2v) is 2.99. The predicted molar refractivity (Wildman–Crippen MR) is 52.5 cm³/mol. The molecule has 0 aromatic heterocycles. The molecule has 0 heteroatoms. The van der Waals surface area contributed by atoms with Gasteiger partial charge in [-0.3, -0.25) is 0 Å². The average Bonchev–Trinajstić information content (AvgIpc) is 1.88. The molecular weight excluding hydrogens is 132 g/mol. The van der Waals surface area contributed by atoms with E-state index in [0.29, 0.717) is 11.8 Å². The van der Waals surface area contributed by atoms with Crippen LogP contribution in [-0.2, 0) is 0 Å². The molecule has 0 aliphatic rings. The lowest BCUT2D eigenvalue weighted by atomic mass is 9.88. The zero-order valence-electron chi connectivity index (χ0n) is 7.80. The predicted octanol–water partition coefficient (Wildman–Crippen LogP) is 3.58. The van der Waals surface area contributed by atoms with Crippen LogP contribution in [0.15, 0.2) is 37.0 Å². The lowest BCUT2D eigenvalue weighted by Gasteiger charge is -2.16. The molecule has 0 aliphatic carbocycles. The lowest BCUT2D eigenvalue weighted by Crippen LogP contribution is -2.06. The van der Waals surface area contributed by atoms with E-state index in [-0.39, 0.29) is 0 Å². The van der Waals surface area contributed by atoms with Gasteiger partial charge in [-0.2, -0.15) is 0 Å². The van der Waals surface area contributed by atoms with Crippen molar-refractivity contribution in [2.45, 2.75) is 20.8 Å². The van der Waals surface area contributed by atoms with Crippen molar-refractivity contribution < 1.29 is 0 Å².